The summed E-state index contributed by atoms with van der Waals surface area (Å²) < 4.78 is 1.94. The number of aryl methyl sites for hydroxylation is 1. The van der Waals surface area contributed by atoms with E-state index in [1.807, 2.05) is 60.8 Å². The Morgan fingerprint density at radius 3 is 2.45 bits per heavy atom. The molecule has 0 spiro atoms. The summed E-state index contributed by atoms with van der Waals surface area (Å²) >= 11 is 0. The lowest BCUT2D eigenvalue weighted by Crippen LogP contribution is -2.39. The average molecular weight is 387 g/mol. The molecule has 6 heteroatoms. The molecular formula is C23H25N5O. The molecule has 0 saturated heterocycles. The van der Waals surface area contributed by atoms with Crippen molar-refractivity contribution in [1.29, 1.82) is 5.26 Å². The summed E-state index contributed by atoms with van der Waals surface area (Å²) in [6.07, 6.45) is 0. The number of carbonyl (C=O) groups excluding carboxylic acids is 1. The van der Waals surface area contributed by atoms with Crippen LogP contribution in [0.15, 0.2) is 54.6 Å². The predicted octanol–water partition coefficient (Wildman–Crippen LogP) is 3.82. The highest BCUT2D eigenvalue weighted by molar-refractivity contribution is 5.94. The highest BCUT2D eigenvalue weighted by Crippen LogP contribution is 2.20. The Hall–Kier alpha value is -3.43. The molecule has 6 nitrogen and oxygen atoms in total. The van der Waals surface area contributed by atoms with Gasteiger partial charge in [-0.25, -0.2) is 4.68 Å². The first kappa shape index (κ1) is 20.3. The van der Waals surface area contributed by atoms with Crippen LogP contribution >= 0.6 is 0 Å². The molecule has 0 unspecified atom stereocenters. The molecule has 1 amide bonds. The molecule has 0 saturated carbocycles. The first-order valence-electron chi connectivity index (χ1n) is 9.52. The molecule has 0 fully saturated rings. The maximum Gasteiger partial charge on any atom is 0.241 e. The van der Waals surface area contributed by atoms with Gasteiger partial charge in [0.2, 0.25) is 5.91 Å². The van der Waals surface area contributed by atoms with Gasteiger partial charge in [0, 0.05) is 23.5 Å². The first-order valence-corrected chi connectivity index (χ1v) is 9.52. The third-order valence-electron chi connectivity index (χ3n) is 5.17. The Balaban J connectivity index is 1.70. The Labute approximate surface area is 171 Å². The third-order valence-corrected chi connectivity index (χ3v) is 5.17. The minimum absolute atomic E-state index is 0.0945. The van der Waals surface area contributed by atoms with E-state index in [4.69, 9.17) is 5.26 Å². The molecule has 0 bridgehead atoms. The number of nitriles is 1. The summed E-state index contributed by atoms with van der Waals surface area (Å²) in [4.78, 5) is 14.7. The van der Waals surface area contributed by atoms with Gasteiger partial charge in [0.15, 0.2) is 0 Å². The van der Waals surface area contributed by atoms with E-state index in [0.717, 1.165) is 22.6 Å². The molecule has 0 aliphatic carbocycles. The van der Waals surface area contributed by atoms with Gasteiger partial charge in [-0.1, -0.05) is 18.2 Å². The van der Waals surface area contributed by atoms with Crippen LogP contribution in [-0.4, -0.2) is 33.7 Å². The lowest BCUT2D eigenvalue weighted by Gasteiger charge is -2.24. The van der Waals surface area contributed by atoms with E-state index in [-0.39, 0.29) is 11.9 Å². The van der Waals surface area contributed by atoms with Crippen molar-refractivity contribution >= 4 is 11.6 Å². The minimum Gasteiger partial charge on any atom is -0.325 e. The van der Waals surface area contributed by atoms with E-state index in [2.05, 4.69) is 23.4 Å². The number of nitrogens with zero attached hydrogens (tertiary/aromatic N) is 4. The highest BCUT2D eigenvalue weighted by Gasteiger charge is 2.21. The van der Waals surface area contributed by atoms with Gasteiger partial charge in [-0.3, -0.25) is 9.69 Å². The average Bonchev–Trinajstić information content (AvgIpc) is 3.02. The molecule has 2 aromatic carbocycles. The molecule has 0 aliphatic heterocycles. The molecule has 3 rings (SSSR count). The second kappa shape index (κ2) is 8.72. The fourth-order valence-electron chi connectivity index (χ4n) is 3.19. The van der Waals surface area contributed by atoms with Crippen LogP contribution in [-0.2, 0) is 11.3 Å². The van der Waals surface area contributed by atoms with Crippen molar-refractivity contribution < 1.29 is 4.79 Å². The molecular weight excluding hydrogens is 362 g/mol. The largest absolute Gasteiger partial charge is 0.325 e. The van der Waals surface area contributed by atoms with E-state index < -0.39 is 0 Å². The Kier molecular flexibility index (Phi) is 6.10. The van der Waals surface area contributed by atoms with Crippen molar-refractivity contribution in [2.45, 2.75) is 33.4 Å². The molecule has 148 valence electrons. The van der Waals surface area contributed by atoms with Gasteiger partial charge in [0.25, 0.3) is 0 Å². The number of nitrogens with one attached hydrogen (secondary N) is 1. The Morgan fingerprint density at radius 2 is 1.83 bits per heavy atom. The number of amides is 1. The maximum absolute atomic E-state index is 12.7. The zero-order chi connectivity index (χ0) is 21.0. The summed E-state index contributed by atoms with van der Waals surface area (Å²) in [5, 5.41) is 16.5. The SMILES string of the molecule is Cc1nn(-c2ccccc2)c(C)c1CN(C)[C@@H](C)C(=O)Nc1ccc(C#N)cc1. The van der Waals surface area contributed by atoms with Gasteiger partial charge >= 0.3 is 0 Å². The monoisotopic (exact) mass is 387 g/mol. The van der Waals surface area contributed by atoms with Crippen LogP contribution in [0.5, 0.6) is 0 Å². The third kappa shape index (κ3) is 4.53. The lowest BCUT2D eigenvalue weighted by molar-refractivity contribution is -0.120. The summed E-state index contributed by atoms with van der Waals surface area (Å²) in [5.41, 5.74) is 5.41. The number of aromatic nitrogens is 2. The van der Waals surface area contributed by atoms with Crippen molar-refractivity contribution in [1.82, 2.24) is 14.7 Å². The van der Waals surface area contributed by atoms with Crippen LogP contribution < -0.4 is 5.32 Å². The van der Waals surface area contributed by atoms with Crippen LogP contribution in [0.25, 0.3) is 5.69 Å². The van der Waals surface area contributed by atoms with Crippen molar-refractivity contribution in [2.24, 2.45) is 0 Å². The van der Waals surface area contributed by atoms with Crippen LogP contribution in [0.2, 0.25) is 0 Å². The highest BCUT2D eigenvalue weighted by atomic mass is 16.2. The second-order valence-electron chi connectivity index (χ2n) is 7.17. The van der Waals surface area contributed by atoms with E-state index in [1.165, 1.54) is 0 Å². The van der Waals surface area contributed by atoms with E-state index >= 15 is 0 Å². The number of benzene rings is 2. The summed E-state index contributed by atoms with van der Waals surface area (Å²) in [5.74, 6) is -0.0945. The quantitative estimate of drug-likeness (QED) is 0.698. The van der Waals surface area contributed by atoms with Crippen molar-refractivity contribution in [3.05, 3.63) is 77.1 Å². The molecule has 1 aromatic heterocycles. The van der Waals surface area contributed by atoms with Crippen molar-refractivity contribution in [2.75, 3.05) is 12.4 Å². The van der Waals surface area contributed by atoms with Gasteiger partial charge < -0.3 is 5.32 Å². The van der Waals surface area contributed by atoms with Gasteiger partial charge in [-0.05, 0) is 64.2 Å². The molecule has 0 radical (unpaired) electrons. The summed E-state index contributed by atoms with van der Waals surface area (Å²) in [6, 6.07) is 18.6. The Bertz CT molecular complexity index is 1030. The zero-order valence-electron chi connectivity index (χ0n) is 17.2. The minimum atomic E-state index is -0.329. The number of hydrogen-bond donors (Lipinski definition) is 1. The second-order valence-corrected chi connectivity index (χ2v) is 7.17. The van der Waals surface area contributed by atoms with E-state index in [0.29, 0.717) is 17.8 Å². The number of anilines is 1. The summed E-state index contributed by atoms with van der Waals surface area (Å²) in [6.45, 7) is 6.55. The number of hydrogen-bond acceptors (Lipinski definition) is 4. The maximum atomic E-state index is 12.7. The van der Waals surface area contributed by atoms with E-state index in [1.54, 1.807) is 24.3 Å². The lowest BCUT2D eigenvalue weighted by atomic mass is 10.1. The van der Waals surface area contributed by atoms with Crippen LogP contribution in [0.3, 0.4) is 0 Å². The van der Waals surface area contributed by atoms with Gasteiger partial charge in [-0.15, -0.1) is 0 Å². The molecule has 1 heterocycles. The van der Waals surface area contributed by atoms with Gasteiger partial charge in [0.05, 0.1) is 29.1 Å². The van der Waals surface area contributed by atoms with Gasteiger partial charge in [-0.2, -0.15) is 10.4 Å². The van der Waals surface area contributed by atoms with E-state index in [9.17, 15) is 4.79 Å². The first-order chi connectivity index (χ1) is 13.9. The van der Waals surface area contributed by atoms with Crippen LogP contribution in [0, 0.1) is 25.2 Å². The normalized spacial score (nSPS) is 11.9. The van der Waals surface area contributed by atoms with Gasteiger partial charge in [0.1, 0.15) is 0 Å². The van der Waals surface area contributed by atoms with Crippen molar-refractivity contribution in [3.63, 3.8) is 0 Å². The number of rotatable bonds is 6. The topological polar surface area (TPSA) is 74.0 Å². The number of likely N-dealkylation sites (N-methyl/N-ethyl adjacent to an activating group) is 1. The molecule has 0 aliphatic rings. The summed E-state index contributed by atoms with van der Waals surface area (Å²) in [7, 11) is 1.93. The van der Waals surface area contributed by atoms with Crippen LogP contribution in [0.4, 0.5) is 5.69 Å². The standard InChI is InChI=1S/C23H25N5O/c1-16-22(17(2)28(26-16)21-8-6-5-7-9-21)15-27(4)18(3)23(29)25-20-12-10-19(14-24)11-13-20/h5-13,18H,15H2,1-4H3,(H,25,29)/t18-/m0/s1. The molecule has 1 N–H and O–H groups in total. The van der Waals surface area contributed by atoms with Crippen LogP contribution in [0.1, 0.15) is 29.4 Å². The molecule has 3 aromatic rings. The number of para-hydroxylation sites is 1. The smallest absolute Gasteiger partial charge is 0.241 e. The predicted molar refractivity (Wildman–Crippen MR) is 114 cm³/mol. The Morgan fingerprint density at radius 1 is 1.17 bits per heavy atom. The zero-order valence-corrected chi connectivity index (χ0v) is 17.2. The van der Waals surface area contributed by atoms with Crippen molar-refractivity contribution in [3.8, 4) is 11.8 Å². The fraction of sp³-hybridized carbons (Fsp3) is 0.261. The molecule has 1 atom stereocenters. The fourth-order valence-corrected chi connectivity index (χ4v) is 3.19. The number of carbonyl (C=O) groups is 1. The molecule has 29 heavy (non-hydrogen) atoms.